The Morgan fingerprint density at radius 3 is 1.30 bits per heavy atom. The van der Waals surface area contributed by atoms with Crippen LogP contribution in [0.1, 0.15) is 158 Å². The number of nitrogens with one attached hydrogen (secondary N) is 6. The second kappa shape index (κ2) is 26.0. The van der Waals surface area contributed by atoms with Gasteiger partial charge in [-0.2, -0.15) is 0 Å². The van der Waals surface area contributed by atoms with Crippen molar-refractivity contribution in [3.05, 3.63) is 0 Å². The molecule has 15 atom stereocenters. The normalized spacial score (nSPS) is 30.2. The number of ether oxygens (including phenoxy) is 9. The molecule has 2 saturated heterocycles. The number of aliphatic hydroxyl groups excluding tert-OH is 5. The summed E-state index contributed by atoms with van der Waals surface area (Å²) in [6.07, 6.45) is -22.2. The molecule has 1 saturated carbocycles. The Balaban J connectivity index is 2.21. The SMILES string of the molecule is CC(C)(C)CC(C)(C)C(O)NCC1OC(OC2C(NC(=O)OC(C)(C)C)CC(NC(=O)OC(C)(C)C)C(OC3OC(CNC(=O)OC(C)(C)C)C(O)CC3NC(=O)OC(C)(C)C)C2O)C(O)C(NC(=O)OC(C)(C)C)C1O. The van der Waals surface area contributed by atoms with Crippen LogP contribution in [0.2, 0.25) is 0 Å². The zero-order valence-corrected chi connectivity index (χ0v) is 49.1. The summed E-state index contributed by atoms with van der Waals surface area (Å²) in [7, 11) is 0. The zero-order valence-electron chi connectivity index (χ0n) is 49.1. The molecule has 0 aromatic rings. The van der Waals surface area contributed by atoms with Crippen LogP contribution >= 0.6 is 0 Å². The molecule has 25 heteroatoms. The lowest BCUT2D eigenvalue weighted by atomic mass is 9.75. The fourth-order valence-corrected chi connectivity index (χ4v) is 9.14. The van der Waals surface area contributed by atoms with E-state index >= 15 is 0 Å². The van der Waals surface area contributed by atoms with Gasteiger partial charge in [-0.3, -0.25) is 5.32 Å². The Bertz CT molecular complexity index is 1950. The van der Waals surface area contributed by atoms with Crippen LogP contribution in [0.25, 0.3) is 0 Å². The van der Waals surface area contributed by atoms with Crippen molar-refractivity contribution in [2.24, 2.45) is 10.8 Å². The number of carbonyl (C=O) groups is 5. The number of hydrogen-bond acceptors (Lipinski definition) is 20. The Morgan fingerprint density at radius 1 is 0.481 bits per heavy atom. The second-order valence-electron chi connectivity index (χ2n) is 27.1. The van der Waals surface area contributed by atoms with Gasteiger partial charge in [0.05, 0.1) is 30.3 Å². The first-order valence-corrected chi connectivity index (χ1v) is 26.4. The van der Waals surface area contributed by atoms with Crippen LogP contribution in [0, 0.1) is 10.8 Å². The lowest BCUT2D eigenvalue weighted by molar-refractivity contribution is -0.315. The van der Waals surface area contributed by atoms with Crippen molar-refractivity contribution in [2.45, 2.75) is 278 Å². The number of alkyl carbamates (subject to hydrolysis) is 5. The highest BCUT2D eigenvalue weighted by atomic mass is 16.7. The van der Waals surface area contributed by atoms with E-state index in [2.05, 4.69) is 31.9 Å². The smallest absolute Gasteiger partial charge is 0.408 e. The third-order valence-corrected chi connectivity index (χ3v) is 11.7. The Morgan fingerprint density at radius 2 is 0.870 bits per heavy atom. The summed E-state index contributed by atoms with van der Waals surface area (Å²) in [6.45, 7) is 33.7. The van der Waals surface area contributed by atoms with Crippen molar-refractivity contribution >= 4 is 30.5 Å². The van der Waals surface area contributed by atoms with Gasteiger partial charge in [0.15, 0.2) is 12.6 Å². The van der Waals surface area contributed by atoms with E-state index in [-0.39, 0.29) is 31.3 Å². The Labute approximate surface area is 454 Å². The van der Waals surface area contributed by atoms with Crippen molar-refractivity contribution in [3.63, 3.8) is 0 Å². The summed E-state index contributed by atoms with van der Waals surface area (Å²) in [5.41, 5.74) is -5.81. The topological polar surface area (TPSA) is 342 Å². The molecule has 3 fully saturated rings. The van der Waals surface area contributed by atoms with Gasteiger partial charge in [0.25, 0.3) is 0 Å². The molecule has 11 N–H and O–H groups in total. The van der Waals surface area contributed by atoms with Crippen LogP contribution in [0.15, 0.2) is 0 Å². The van der Waals surface area contributed by atoms with E-state index in [1.165, 1.54) is 0 Å². The molecule has 0 aromatic carbocycles. The van der Waals surface area contributed by atoms with Gasteiger partial charge < -0.3 is 94.7 Å². The van der Waals surface area contributed by atoms with Crippen molar-refractivity contribution in [3.8, 4) is 0 Å². The molecular formula is C52H96N6O19. The molecule has 2 heterocycles. The number of rotatable bonds is 15. The Kier molecular flexibility index (Phi) is 22.7. The maximum absolute atomic E-state index is 13.7. The predicted octanol–water partition coefficient (Wildman–Crippen LogP) is 3.91. The van der Waals surface area contributed by atoms with Crippen molar-refractivity contribution in [1.82, 2.24) is 31.9 Å². The van der Waals surface area contributed by atoms with E-state index in [1.54, 1.807) is 104 Å². The van der Waals surface area contributed by atoms with E-state index in [9.17, 15) is 49.5 Å². The first-order valence-electron chi connectivity index (χ1n) is 26.4. The molecule has 0 radical (unpaired) electrons. The Hall–Kier alpha value is -4.05. The molecular weight excluding hydrogens is 1010 g/mol. The van der Waals surface area contributed by atoms with Crippen LogP contribution in [0.5, 0.6) is 0 Å². The lowest BCUT2D eigenvalue weighted by Gasteiger charge is -2.50. The average Bonchev–Trinajstić information content (AvgIpc) is 3.18. The number of hydrogen-bond donors (Lipinski definition) is 11. The van der Waals surface area contributed by atoms with E-state index in [1.807, 2.05) is 34.6 Å². The molecule has 3 rings (SSSR count). The lowest BCUT2D eigenvalue weighted by Crippen LogP contribution is -2.71. The van der Waals surface area contributed by atoms with Gasteiger partial charge in [0.1, 0.15) is 77.0 Å². The number of amides is 5. The molecule has 448 valence electrons. The molecule has 0 bridgehead atoms. The number of aliphatic hydroxyl groups is 5. The maximum atomic E-state index is 13.7. The van der Waals surface area contributed by atoms with Gasteiger partial charge in [-0.05, 0) is 122 Å². The second-order valence-corrected chi connectivity index (χ2v) is 27.1. The summed E-state index contributed by atoms with van der Waals surface area (Å²) in [4.78, 5) is 66.8. The minimum Gasteiger partial charge on any atom is -0.444 e. The van der Waals surface area contributed by atoms with E-state index in [0.717, 1.165) is 0 Å². The third kappa shape index (κ3) is 23.3. The highest BCUT2D eigenvalue weighted by Crippen LogP contribution is 2.37. The number of carbonyl (C=O) groups excluding carboxylic acids is 5. The van der Waals surface area contributed by atoms with Gasteiger partial charge in [-0.25, -0.2) is 24.0 Å². The molecule has 3 aliphatic rings. The summed E-state index contributed by atoms with van der Waals surface area (Å²) in [5, 5.41) is 75.7. The van der Waals surface area contributed by atoms with Crippen molar-refractivity contribution in [2.75, 3.05) is 13.1 Å². The van der Waals surface area contributed by atoms with Crippen LogP contribution in [0.3, 0.4) is 0 Å². The van der Waals surface area contributed by atoms with E-state index in [0.29, 0.717) is 6.42 Å². The van der Waals surface area contributed by atoms with Crippen molar-refractivity contribution < 1.29 is 92.1 Å². The highest BCUT2D eigenvalue weighted by Gasteiger charge is 2.54. The first-order chi connectivity index (χ1) is 34.7. The predicted molar refractivity (Wildman–Crippen MR) is 279 cm³/mol. The van der Waals surface area contributed by atoms with Gasteiger partial charge in [0, 0.05) is 24.9 Å². The summed E-state index contributed by atoms with van der Waals surface area (Å²) >= 11 is 0. The molecule has 77 heavy (non-hydrogen) atoms. The quantitative estimate of drug-likeness (QED) is 0.0818. The monoisotopic (exact) mass is 1110 g/mol. The van der Waals surface area contributed by atoms with Gasteiger partial charge in [-0.1, -0.05) is 34.6 Å². The summed E-state index contributed by atoms with van der Waals surface area (Å²) in [6, 6.07) is -5.46. The van der Waals surface area contributed by atoms with E-state index in [4.69, 9.17) is 42.6 Å². The van der Waals surface area contributed by atoms with Crippen LogP contribution in [-0.4, -0.2) is 189 Å². The van der Waals surface area contributed by atoms with Crippen LogP contribution < -0.4 is 31.9 Å². The van der Waals surface area contributed by atoms with Gasteiger partial charge in [0.2, 0.25) is 0 Å². The fourth-order valence-electron chi connectivity index (χ4n) is 9.14. The minimum absolute atomic E-state index is 0.188. The molecule has 2 aliphatic heterocycles. The first kappa shape index (κ1) is 67.2. The maximum Gasteiger partial charge on any atom is 0.408 e. The standard InChI is InChI=1S/C52H96N6O19/c1-46(2,3)25-52(19,20)40(63)53-24-31-33(60)32(58-45(68)77-51(16,17)18)34(61)39(70-31)72-37-27(56-43(66)75-49(10,11)12)21-26(55-42(65)74-48(7,8)9)36(35(37)62)71-38-28(57-44(67)76-50(13,14)15)22-29(59)30(69-38)23-54-41(64)73-47(4,5)6/h26-40,53,59-63H,21-25H2,1-20H3,(H,54,64)(H,55,65)(H,56,66)(H,57,67)(H,58,68). The highest BCUT2D eigenvalue weighted by molar-refractivity contribution is 5.70. The summed E-state index contributed by atoms with van der Waals surface area (Å²) in [5.74, 6) is 0. The van der Waals surface area contributed by atoms with Crippen LogP contribution in [-0.2, 0) is 42.6 Å². The van der Waals surface area contributed by atoms with Crippen LogP contribution in [0.4, 0.5) is 24.0 Å². The van der Waals surface area contributed by atoms with Gasteiger partial charge in [-0.15, -0.1) is 0 Å². The molecule has 0 spiro atoms. The molecule has 25 nitrogen and oxygen atoms in total. The molecule has 15 unspecified atom stereocenters. The minimum atomic E-state index is -1.98. The van der Waals surface area contributed by atoms with Gasteiger partial charge >= 0.3 is 30.5 Å². The fraction of sp³-hybridized carbons (Fsp3) is 0.904. The zero-order chi connectivity index (χ0) is 59.2. The van der Waals surface area contributed by atoms with Crippen molar-refractivity contribution in [1.29, 1.82) is 0 Å². The third-order valence-electron chi connectivity index (χ3n) is 11.7. The molecule has 1 aliphatic carbocycles. The average molecular weight is 1110 g/mol. The summed E-state index contributed by atoms with van der Waals surface area (Å²) < 4.78 is 53.3. The molecule has 5 amide bonds. The molecule has 0 aromatic heterocycles. The van der Waals surface area contributed by atoms with E-state index < -0.39 is 156 Å². The largest absolute Gasteiger partial charge is 0.444 e.